The molecule has 0 bridgehead atoms. The van der Waals surface area contributed by atoms with Crippen LogP contribution in [-0.2, 0) is 26.2 Å². The molecule has 0 saturated carbocycles. The number of carbonyl (C=O) groups is 2. The highest BCUT2D eigenvalue weighted by Crippen LogP contribution is 2.52. The molecule has 0 saturated heterocycles. The third-order valence-corrected chi connectivity index (χ3v) is 9.35. The number of carboxylic acids is 2. The van der Waals surface area contributed by atoms with Gasteiger partial charge in [-0.15, -0.1) is 0 Å². The minimum absolute atomic E-state index is 0.0126. The van der Waals surface area contributed by atoms with Crippen LogP contribution in [0.5, 0.6) is 0 Å². The minimum Gasteiger partial charge on any atom is -0.478 e. The summed E-state index contributed by atoms with van der Waals surface area (Å²) in [5.41, 5.74) is 1.92. The van der Waals surface area contributed by atoms with Crippen LogP contribution in [0.2, 0.25) is 0 Å². The normalized spacial score (nSPS) is 15.9. The summed E-state index contributed by atoms with van der Waals surface area (Å²) >= 11 is 0. The van der Waals surface area contributed by atoms with E-state index in [1.807, 2.05) is 70.7 Å². The summed E-state index contributed by atoms with van der Waals surface area (Å²) in [4.78, 5) is 27.9. The molecule has 1 atom stereocenters. The van der Waals surface area contributed by atoms with Gasteiger partial charge in [0.25, 0.3) is 0 Å². The molecule has 0 amide bonds. The molecule has 1 aliphatic heterocycles. The van der Waals surface area contributed by atoms with Gasteiger partial charge in [0.15, 0.2) is 0 Å². The Bertz CT molecular complexity index is 1060. The second-order valence-electron chi connectivity index (χ2n) is 12.5. The first-order valence-electron chi connectivity index (χ1n) is 17.0. The highest BCUT2D eigenvalue weighted by molar-refractivity contribution is 6.01. The topological polar surface area (TPSA) is 87.1 Å². The summed E-state index contributed by atoms with van der Waals surface area (Å²) in [6.07, 6.45) is 15.7. The first-order chi connectivity index (χ1) is 20.6. The average molecular weight is 598 g/mol. The van der Waals surface area contributed by atoms with Gasteiger partial charge in [-0.25, -0.2) is 9.59 Å². The van der Waals surface area contributed by atoms with Crippen LogP contribution < -0.4 is 0 Å². The lowest BCUT2D eigenvalue weighted by molar-refractivity contribution is -0.135. The molecule has 6 nitrogen and oxygen atoms in total. The number of ether oxygens (including phenoxy) is 1. The predicted octanol–water partition coefficient (Wildman–Crippen LogP) is 9.28. The number of hydrogen-bond donors (Lipinski definition) is 2. The van der Waals surface area contributed by atoms with Crippen LogP contribution in [0.4, 0.5) is 0 Å². The Morgan fingerprint density at radius 2 is 1.28 bits per heavy atom. The fourth-order valence-corrected chi connectivity index (χ4v) is 7.34. The molecule has 43 heavy (non-hydrogen) atoms. The minimum atomic E-state index is -1.30. The molecule has 242 valence electrons. The highest BCUT2D eigenvalue weighted by atomic mass is 16.5. The molecule has 0 radical (unpaired) electrons. The third-order valence-electron chi connectivity index (χ3n) is 9.35. The zero-order valence-electron chi connectivity index (χ0n) is 28.1. The van der Waals surface area contributed by atoms with Gasteiger partial charge in [0.05, 0.1) is 22.7 Å². The molecule has 2 rings (SSSR count). The van der Waals surface area contributed by atoms with Gasteiger partial charge >= 0.3 is 11.9 Å². The molecule has 0 spiro atoms. The van der Waals surface area contributed by atoms with Crippen molar-refractivity contribution in [1.82, 2.24) is 4.90 Å². The van der Waals surface area contributed by atoms with Crippen molar-refractivity contribution >= 4 is 11.9 Å². The zero-order chi connectivity index (χ0) is 32.0. The van der Waals surface area contributed by atoms with Gasteiger partial charge < -0.3 is 19.8 Å². The Hall–Kier alpha value is -2.60. The number of unbranched alkanes of at least 4 members (excludes halogenated alkanes) is 10. The predicted molar refractivity (Wildman–Crippen MR) is 176 cm³/mol. The van der Waals surface area contributed by atoms with Crippen molar-refractivity contribution in [1.29, 1.82) is 0 Å². The lowest BCUT2D eigenvalue weighted by atomic mass is 9.58. The first kappa shape index (κ1) is 36.6. The van der Waals surface area contributed by atoms with Crippen molar-refractivity contribution in [2.75, 3.05) is 13.2 Å². The van der Waals surface area contributed by atoms with Gasteiger partial charge in [-0.1, -0.05) is 116 Å². The van der Waals surface area contributed by atoms with Crippen molar-refractivity contribution in [3.63, 3.8) is 0 Å². The molecule has 0 aliphatic carbocycles. The number of hydrogen-bond acceptors (Lipinski definition) is 4. The number of benzene rings is 1. The molecular formula is C37H59NO5. The third kappa shape index (κ3) is 8.97. The van der Waals surface area contributed by atoms with E-state index < -0.39 is 17.4 Å². The van der Waals surface area contributed by atoms with E-state index in [-0.39, 0.29) is 23.2 Å². The van der Waals surface area contributed by atoms with E-state index in [1.54, 1.807) is 0 Å². The molecule has 1 aromatic carbocycles. The Morgan fingerprint density at radius 3 is 1.72 bits per heavy atom. The van der Waals surface area contributed by atoms with E-state index in [9.17, 15) is 19.8 Å². The van der Waals surface area contributed by atoms with Crippen LogP contribution in [0.3, 0.4) is 0 Å². The maximum atomic E-state index is 13.0. The summed E-state index contributed by atoms with van der Waals surface area (Å²) in [5, 5.41) is 21.3. The Kier molecular flexibility index (Phi) is 15.5. The molecule has 1 aliphatic rings. The summed E-state index contributed by atoms with van der Waals surface area (Å²) in [7, 11) is 0. The van der Waals surface area contributed by atoms with Crippen molar-refractivity contribution in [2.24, 2.45) is 5.92 Å². The smallest absolute Gasteiger partial charge is 0.334 e. The Balaban J connectivity index is 2.32. The Labute approximate surface area is 261 Å². The van der Waals surface area contributed by atoms with Gasteiger partial charge in [0.2, 0.25) is 0 Å². The molecule has 1 aromatic rings. The molecule has 1 heterocycles. The number of aliphatic carboxylic acids is 2. The zero-order valence-corrected chi connectivity index (χ0v) is 28.1. The second-order valence-corrected chi connectivity index (χ2v) is 12.5. The number of rotatable bonds is 21. The SMILES string of the molecule is CCCCCCCCCCCCCC(Cc1ccccc1C1(C(C)C)C(C(=O)O)=C(C)N(CC)C(C)=C1C(=O)O)OCC. The molecule has 1 unspecified atom stereocenters. The fourth-order valence-electron chi connectivity index (χ4n) is 7.34. The molecule has 6 heteroatoms. The lowest BCUT2D eigenvalue weighted by Gasteiger charge is -2.48. The molecule has 2 N–H and O–H groups in total. The van der Waals surface area contributed by atoms with E-state index in [0.29, 0.717) is 31.0 Å². The van der Waals surface area contributed by atoms with Gasteiger partial charge in [-0.3, -0.25) is 0 Å². The lowest BCUT2D eigenvalue weighted by Crippen LogP contribution is -2.49. The maximum Gasteiger partial charge on any atom is 0.334 e. The van der Waals surface area contributed by atoms with E-state index >= 15 is 0 Å². The summed E-state index contributed by atoms with van der Waals surface area (Å²) in [6.45, 7) is 14.8. The number of allylic oxidation sites excluding steroid dienone is 2. The summed E-state index contributed by atoms with van der Waals surface area (Å²) < 4.78 is 6.23. The fraction of sp³-hybridized carbons (Fsp3) is 0.676. The van der Waals surface area contributed by atoms with Crippen molar-refractivity contribution in [3.05, 3.63) is 57.9 Å². The first-order valence-corrected chi connectivity index (χ1v) is 17.0. The van der Waals surface area contributed by atoms with Gasteiger partial charge in [0.1, 0.15) is 0 Å². The van der Waals surface area contributed by atoms with E-state index in [4.69, 9.17) is 4.74 Å². The monoisotopic (exact) mass is 597 g/mol. The molecular weight excluding hydrogens is 538 g/mol. The summed E-state index contributed by atoms with van der Waals surface area (Å²) in [5.74, 6) is -2.46. The number of nitrogens with zero attached hydrogens (tertiary/aromatic N) is 1. The van der Waals surface area contributed by atoms with Crippen LogP contribution in [0, 0.1) is 5.92 Å². The molecule has 0 aromatic heterocycles. The standard InChI is InChI=1S/C37H59NO5/c1-8-11-12-13-14-15-16-17-18-19-20-24-31(43-10-3)26-30-23-21-22-25-32(30)37(27(4)5)33(35(39)40)28(6)38(9-2)29(7)34(37)36(41)42/h21-23,25,27,31H,8-20,24,26H2,1-7H3,(H,39,40)(H,41,42). The van der Waals surface area contributed by atoms with E-state index in [1.165, 1.54) is 64.2 Å². The van der Waals surface area contributed by atoms with Crippen LogP contribution in [0.15, 0.2) is 46.8 Å². The van der Waals surface area contributed by atoms with E-state index in [0.717, 1.165) is 24.0 Å². The van der Waals surface area contributed by atoms with Crippen LogP contribution >= 0.6 is 0 Å². The Morgan fingerprint density at radius 1 is 0.791 bits per heavy atom. The maximum absolute atomic E-state index is 13.0. The average Bonchev–Trinajstić information content (AvgIpc) is 2.95. The van der Waals surface area contributed by atoms with Crippen LogP contribution in [0.25, 0.3) is 0 Å². The molecule has 0 fully saturated rings. The van der Waals surface area contributed by atoms with Crippen LogP contribution in [-0.4, -0.2) is 46.3 Å². The summed E-state index contributed by atoms with van der Waals surface area (Å²) in [6, 6.07) is 7.84. The van der Waals surface area contributed by atoms with E-state index in [2.05, 4.69) is 6.92 Å². The van der Waals surface area contributed by atoms with Crippen molar-refractivity contribution < 1.29 is 24.5 Å². The highest BCUT2D eigenvalue weighted by Gasteiger charge is 2.54. The van der Waals surface area contributed by atoms with Crippen molar-refractivity contribution in [3.8, 4) is 0 Å². The quantitative estimate of drug-likeness (QED) is 0.137. The van der Waals surface area contributed by atoms with Gasteiger partial charge in [-0.05, 0) is 57.6 Å². The largest absolute Gasteiger partial charge is 0.478 e. The van der Waals surface area contributed by atoms with Gasteiger partial charge in [0, 0.05) is 24.5 Å². The van der Waals surface area contributed by atoms with Gasteiger partial charge in [-0.2, -0.15) is 0 Å². The number of carboxylic acid groups (broad SMARTS) is 2. The van der Waals surface area contributed by atoms with Crippen molar-refractivity contribution in [2.45, 2.75) is 143 Å². The van der Waals surface area contributed by atoms with Crippen LogP contribution in [0.1, 0.15) is 137 Å². The second kappa shape index (κ2) is 18.3.